The lowest BCUT2D eigenvalue weighted by Crippen LogP contribution is -2.45. The minimum atomic E-state index is -0.131. The molecule has 7 heteroatoms. The molecule has 1 fully saturated rings. The van der Waals surface area contributed by atoms with Crippen molar-refractivity contribution in [2.75, 3.05) is 51.1 Å². The first kappa shape index (κ1) is 31.8. The molecule has 2 N–H and O–H groups in total. The fourth-order valence-corrected chi connectivity index (χ4v) is 5.37. The van der Waals surface area contributed by atoms with E-state index in [9.17, 15) is 4.79 Å². The van der Waals surface area contributed by atoms with Crippen molar-refractivity contribution in [3.05, 3.63) is 139 Å². The van der Waals surface area contributed by atoms with Gasteiger partial charge in [-0.05, 0) is 59.5 Å². The van der Waals surface area contributed by atoms with Crippen LogP contribution in [0.3, 0.4) is 0 Å². The number of ether oxygens (including phenoxy) is 1. The first-order valence-electron chi connectivity index (χ1n) is 14.7. The van der Waals surface area contributed by atoms with Crippen LogP contribution < -0.4 is 15.4 Å². The molecule has 0 atom stereocenters. The molecule has 4 aromatic rings. The number of carbonyl (C=O) groups excluding carboxylic acids is 1. The van der Waals surface area contributed by atoms with E-state index in [1.54, 1.807) is 0 Å². The van der Waals surface area contributed by atoms with Gasteiger partial charge in [-0.25, -0.2) is 4.79 Å². The SMILES string of the molecule is C=C(CN1CCNCC1)CN(CCC(c1ccccc1)c1ccccc1)C(=O)Nc1ccc(Oc2ccccc2)cc1.Cl. The molecular formula is C36H41ClN4O2. The van der Waals surface area contributed by atoms with E-state index in [4.69, 9.17) is 4.74 Å². The van der Waals surface area contributed by atoms with Crippen LogP contribution in [0, 0.1) is 0 Å². The number of benzene rings is 4. The molecule has 0 aromatic heterocycles. The molecule has 0 saturated carbocycles. The first-order valence-corrected chi connectivity index (χ1v) is 14.7. The minimum Gasteiger partial charge on any atom is -0.457 e. The van der Waals surface area contributed by atoms with Crippen molar-refractivity contribution in [3.63, 3.8) is 0 Å². The molecule has 1 saturated heterocycles. The fraction of sp³-hybridized carbons (Fsp3) is 0.250. The summed E-state index contributed by atoms with van der Waals surface area (Å²) in [6.07, 6.45) is 0.798. The second-order valence-electron chi connectivity index (χ2n) is 10.7. The lowest BCUT2D eigenvalue weighted by molar-refractivity contribution is 0.210. The molecule has 0 aliphatic carbocycles. The Labute approximate surface area is 261 Å². The lowest BCUT2D eigenvalue weighted by Gasteiger charge is -2.31. The number of piperazine rings is 1. The molecule has 2 amide bonds. The summed E-state index contributed by atoms with van der Waals surface area (Å²) >= 11 is 0. The van der Waals surface area contributed by atoms with Crippen LogP contribution in [0.4, 0.5) is 10.5 Å². The number of urea groups is 1. The lowest BCUT2D eigenvalue weighted by atomic mass is 9.88. The third-order valence-corrected chi connectivity index (χ3v) is 7.53. The van der Waals surface area contributed by atoms with Gasteiger partial charge in [0, 0.05) is 57.4 Å². The van der Waals surface area contributed by atoms with Gasteiger partial charge in [-0.2, -0.15) is 0 Å². The number of rotatable bonds is 12. The molecule has 0 unspecified atom stereocenters. The average molecular weight is 597 g/mol. The first-order chi connectivity index (χ1) is 20.6. The molecule has 1 aliphatic heterocycles. The van der Waals surface area contributed by atoms with E-state index in [1.807, 2.05) is 71.6 Å². The number of anilines is 1. The van der Waals surface area contributed by atoms with Crippen LogP contribution >= 0.6 is 12.4 Å². The molecule has 1 aliphatic rings. The van der Waals surface area contributed by atoms with Crippen LogP contribution in [0.2, 0.25) is 0 Å². The van der Waals surface area contributed by atoms with E-state index in [2.05, 4.69) is 70.6 Å². The van der Waals surface area contributed by atoms with Gasteiger partial charge in [0.25, 0.3) is 0 Å². The van der Waals surface area contributed by atoms with Gasteiger partial charge in [0.15, 0.2) is 0 Å². The molecule has 1 heterocycles. The van der Waals surface area contributed by atoms with Crippen molar-refractivity contribution in [2.45, 2.75) is 12.3 Å². The Kier molecular flexibility index (Phi) is 12.2. The molecule has 43 heavy (non-hydrogen) atoms. The van der Waals surface area contributed by atoms with Crippen LogP contribution in [0.5, 0.6) is 11.5 Å². The van der Waals surface area contributed by atoms with Crippen molar-refractivity contribution in [1.29, 1.82) is 0 Å². The molecule has 224 valence electrons. The number of hydrogen-bond donors (Lipinski definition) is 2. The Hall–Kier alpha value is -4.10. The predicted molar refractivity (Wildman–Crippen MR) is 179 cm³/mol. The van der Waals surface area contributed by atoms with Crippen LogP contribution in [0.15, 0.2) is 127 Å². The van der Waals surface area contributed by atoms with Gasteiger partial charge in [-0.1, -0.05) is 85.4 Å². The van der Waals surface area contributed by atoms with Crippen LogP contribution in [0.25, 0.3) is 0 Å². The Balaban J connectivity index is 0.00000423. The average Bonchev–Trinajstić information content (AvgIpc) is 3.03. The maximum atomic E-state index is 13.7. The highest BCUT2D eigenvalue weighted by molar-refractivity contribution is 5.89. The third kappa shape index (κ3) is 9.72. The number of nitrogens with one attached hydrogen (secondary N) is 2. The summed E-state index contributed by atoms with van der Waals surface area (Å²) in [5.74, 6) is 1.67. The van der Waals surface area contributed by atoms with Crippen LogP contribution in [0.1, 0.15) is 23.5 Å². The monoisotopic (exact) mass is 596 g/mol. The summed E-state index contributed by atoms with van der Waals surface area (Å²) in [5.41, 5.74) is 4.26. The van der Waals surface area contributed by atoms with Crippen molar-refractivity contribution in [3.8, 4) is 11.5 Å². The van der Waals surface area contributed by atoms with Gasteiger partial charge >= 0.3 is 6.03 Å². The quantitative estimate of drug-likeness (QED) is 0.167. The van der Waals surface area contributed by atoms with E-state index in [0.29, 0.717) is 18.8 Å². The van der Waals surface area contributed by atoms with Crippen molar-refractivity contribution in [2.24, 2.45) is 0 Å². The molecule has 0 spiro atoms. The number of para-hydroxylation sites is 1. The van der Waals surface area contributed by atoms with Crippen molar-refractivity contribution < 1.29 is 9.53 Å². The van der Waals surface area contributed by atoms with Crippen LogP contribution in [-0.4, -0.2) is 61.6 Å². The van der Waals surface area contributed by atoms with Crippen LogP contribution in [-0.2, 0) is 0 Å². The second kappa shape index (κ2) is 16.5. The zero-order chi connectivity index (χ0) is 29.0. The van der Waals surface area contributed by atoms with Crippen molar-refractivity contribution >= 4 is 24.1 Å². The van der Waals surface area contributed by atoms with Gasteiger partial charge in [0.1, 0.15) is 11.5 Å². The highest BCUT2D eigenvalue weighted by atomic mass is 35.5. The Morgan fingerprint density at radius 3 is 1.93 bits per heavy atom. The maximum absolute atomic E-state index is 13.7. The summed E-state index contributed by atoms with van der Waals surface area (Å²) in [4.78, 5) is 18.0. The summed E-state index contributed by atoms with van der Waals surface area (Å²) in [6.45, 7) is 10.2. The predicted octanol–water partition coefficient (Wildman–Crippen LogP) is 7.42. The van der Waals surface area contributed by atoms with Gasteiger partial charge < -0.3 is 20.3 Å². The maximum Gasteiger partial charge on any atom is 0.322 e. The highest BCUT2D eigenvalue weighted by Crippen LogP contribution is 2.29. The Morgan fingerprint density at radius 2 is 1.35 bits per heavy atom. The summed E-state index contributed by atoms with van der Waals surface area (Å²) in [7, 11) is 0. The number of nitrogens with zero attached hydrogens (tertiary/aromatic N) is 2. The number of amides is 2. The molecule has 5 rings (SSSR count). The van der Waals surface area contributed by atoms with E-state index < -0.39 is 0 Å². The van der Waals surface area contributed by atoms with E-state index >= 15 is 0 Å². The van der Waals surface area contributed by atoms with E-state index in [1.165, 1.54) is 11.1 Å². The molecule has 6 nitrogen and oxygen atoms in total. The second-order valence-corrected chi connectivity index (χ2v) is 10.7. The van der Waals surface area contributed by atoms with Gasteiger partial charge in [-0.15, -0.1) is 12.4 Å². The summed E-state index contributed by atoms with van der Waals surface area (Å²) in [6, 6.07) is 38.1. The topological polar surface area (TPSA) is 56.8 Å². The van der Waals surface area contributed by atoms with E-state index in [0.717, 1.165) is 56.2 Å². The summed E-state index contributed by atoms with van der Waals surface area (Å²) < 4.78 is 5.92. The number of carbonyl (C=O) groups is 1. The largest absolute Gasteiger partial charge is 0.457 e. The number of hydrogen-bond acceptors (Lipinski definition) is 4. The van der Waals surface area contributed by atoms with Crippen molar-refractivity contribution in [1.82, 2.24) is 15.1 Å². The smallest absolute Gasteiger partial charge is 0.322 e. The number of halogens is 1. The molecule has 0 radical (unpaired) electrons. The molecular weight excluding hydrogens is 556 g/mol. The zero-order valence-corrected chi connectivity index (χ0v) is 25.3. The molecule has 4 aromatic carbocycles. The van der Waals surface area contributed by atoms with E-state index in [-0.39, 0.29) is 24.4 Å². The summed E-state index contributed by atoms with van der Waals surface area (Å²) in [5, 5.41) is 6.51. The zero-order valence-electron chi connectivity index (χ0n) is 24.5. The Bertz CT molecular complexity index is 1360. The van der Waals surface area contributed by atoms with Gasteiger partial charge in [0.2, 0.25) is 0 Å². The third-order valence-electron chi connectivity index (χ3n) is 7.53. The normalized spacial score (nSPS) is 13.1. The standard InChI is InChI=1S/C36H40N4O2.ClH/c1-29(27-39-25-22-37-23-26-39)28-40(24-21-35(30-11-5-2-6-12-30)31-13-7-3-8-14-31)36(41)38-32-17-19-34(20-18-32)42-33-15-9-4-10-16-33;/h2-20,35,37H,1,21-28H2,(H,38,41);1H. The fourth-order valence-electron chi connectivity index (χ4n) is 5.37. The van der Waals surface area contributed by atoms with Gasteiger partial charge in [0.05, 0.1) is 0 Å². The van der Waals surface area contributed by atoms with Gasteiger partial charge in [-0.3, -0.25) is 4.90 Å². The Morgan fingerprint density at radius 1 is 0.814 bits per heavy atom. The minimum absolute atomic E-state index is 0. The molecule has 0 bridgehead atoms. The highest BCUT2D eigenvalue weighted by Gasteiger charge is 2.21.